The molecule has 0 spiro atoms. The van der Waals surface area contributed by atoms with E-state index in [-0.39, 0.29) is 11.5 Å². The van der Waals surface area contributed by atoms with Crippen molar-refractivity contribution in [1.29, 1.82) is 0 Å². The number of ketones is 1. The van der Waals surface area contributed by atoms with E-state index in [1.807, 2.05) is 13.0 Å². The van der Waals surface area contributed by atoms with E-state index in [9.17, 15) is 14.9 Å². The van der Waals surface area contributed by atoms with Crippen LogP contribution in [0.4, 0.5) is 5.69 Å². The highest BCUT2D eigenvalue weighted by molar-refractivity contribution is 7.99. The molecular formula is C18H20N2O3S. The molecule has 3 rings (SSSR count). The van der Waals surface area contributed by atoms with Gasteiger partial charge in [-0.2, -0.15) is 0 Å². The first kappa shape index (κ1) is 16.8. The van der Waals surface area contributed by atoms with Crippen molar-refractivity contribution < 1.29 is 9.72 Å². The number of benzene rings is 1. The van der Waals surface area contributed by atoms with Crippen LogP contribution in [0.1, 0.15) is 46.2 Å². The van der Waals surface area contributed by atoms with Gasteiger partial charge in [-0.1, -0.05) is 12.1 Å². The fourth-order valence-corrected chi connectivity index (χ4v) is 3.88. The number of hydrogen-bond donors (Lipinski definition) is 0. The molecule has 0 amide bonds. The van der Waals surface area contributed by atoms with Crippen molar-refractivity contribution in [2.75, 3.05) is 5.75 Å². The largest absolute Gasteiger partial charge is 0.345 e. The first-order valence-electron chi connectivity index (χ1n) is 8.00. The predicted molar refractivity (Wildman–Crippen MR) is 95.8 cm³/mol. The summed E-state index contributed by atoms with van der Waals surface area (Å²) < 4.78 is 2.29. The van der Waals surface area contributed by atoms with E-state index in [1.54, 1.807) is 23.9 Å². The van der Waals surface area contributed by atoms with Gasteiger partial charge in [0.05, 0.1) is 10.7 Å². The van der Waals surface area contributed by atoms with E-state index in [0.29, 0.717) is 17.5 Å². The number of rotatable bonds is 7. The van der Waals surface area contributed by atoms with Gasteiger partial charge in [0.2, 0.25) is 0 Å². The average Bonchev–Trinajstić information content (AvgIpc) is 3.33. The zero-order valence-corrected chi connectivity index (χ0v) is 14.6. The van der Waals surface area contributed by atoms with E-state index >= 15 is 0 Å². The van der Waals surface area contributed by atoms with E-state index < -0.39 is 4.92 Å². The Balaban J connectivity index is 1.58. The normalized spacial score (nSPS) is 13.9. The van der Waals surface area contributed by atoms with E-state index in [1.165, 1.54) is 30.7 Å². The van der Waals surface area contributed by atoms with Gasteiger partial charge in [-0.15, -0.1) is 11.8 Å². The Bertz CT molecular complexity index is 776. The molecule has 5 nitrogen and oxygen atoms in total. The highest BCUT2D eigenvalue weighted by atomic mass is 32.2. The van der Waals surface area contributed by atoms with Gasteiger partial charge >= 0.3 is 0 Å². The highest BCUT2D eigenvalue weighted by Gasteiger charge is 2.28. The van der Waals surface area contributed by atoms with Crippen LogP contribution >= 0.6 is 11.8 Å². The lowest BCUT2D eigenvalue weighted by Crippen LogP contribution is -2.06. The smallest absolute Gasteiger partial charge is 0.269 e. The van der Waals surface area contributed by atoms with Gasteiger partial charge < -0.3 is 4.57 Å². The summed E-state index contributed by atoms with van der Waals surface area (Å²) in [5, 5.41) is 10.6. The zero-order valence-electron chi connectivity index (χ0n) is 13.8. The second-order valence-corrected chi connectivity index (χ2v) is 7.21. The molecule has 0 bridgehead atoms. The Morgan fingerprint density at radius 2 is 1.96 bits per heavy atom. The minimum absolute atomic E-state index is 0.0901. The molecule has 1 fully saturated rings. The summed E-state index contributed by atoms with van der Waals surface area (Å²) in [5.41, 5.74) is 4.15. The summed E-state index contributed by atoms with van der Waals surface area (Å²) in [6, 6.07) is 9.08. The van der Waals surface area contributed by atoms with Crippen LogP contribution < -0.4 is 0 Å². The lowest BCUT2D eigenvalue weighted by molar-refractivity contribution is -0.384. The molecule has 126 valence electrons. The van der Waals surface area contributed by atoms with Gasteiger partial charge in [0, 0.05) is 40.9 Å². The fraction of sp³-hybridized carbons (Fsp3) is 0.389. The van der Waals surface area contributed by atoms with Gasteiger partial charge in [-0.25, -0.2) is 0 Å². The third-order valence-electron chi connectivity index (χ3n) is 4.35. The number of aromatic nitrogens is 1. The van der Waals surface area contributed by atoms with Crippen molar-refractivity contribution >= 4 is 23.2 Å². The van der Waals surface area contributed by atoms with Crippen LogP contribution in [0, 0.1) is 24.0 Å². The van der Waals surface area contributed by atoms with Crippen molar-refractivity contribution in [3.05, 3.63) is 63.0 Å². The second kappa shape index (κ2) is 6.81. The monoisotopic (exact) mass is 344 g/mol. The zero-order chi connectivity index (χ0) is 17.3. The van der Waals surface area contributed by atoms with Gasteiger partial charge in [-0.05, 0) is 38.3 Å². The molecule has 1 aliphatic carbocycles. The van der Waals surface area contributed by atoms with Gasteiger partial charge in [0.15, 0.2) is 5.78 Å². The number of nitro groups is 1. The van der Waals surface area contributed by atoms with Crippen LogP contribution in [0.25, 0.3) is 0 Å². The number of nitrogens with zero attached hydrogens (tertiary/aromatic N) is 2. The van der Waals surface area contributed by atoms with Crippen LogP contribution in [0.15, 0.2) is 30.3 Å². The summed E-state index contributed by atoms with van der Waals surface area (Å²) in [7, 11) is 0. The highest BCUT2D eigenvalue weighted by Crippen LogP contribution is 2.38. The maximum absolute atomic E-state index is 12.5. The molecule has 1 aromatic heterocycles. The summed E-state index contributed by atoms with van der Waals surface area (Å²) in [4.78, 5) is 22.7. The van der Waals surface area contributed by atoms with Crippen molar-refractivity contribution in [2.45, 2.75) is 38.5 Å². The topological polar surface area (TPSA) is 65.1 Å². The Morgan fingerprint density at radius 3 is 2.54 bits per heavy atom. The lowest BCUT2D eigenvalue weighted by atomic mass is 10.2. The quantitative estimate of drug-likeness (QED) is 0.422. The maximum atomic E-state index is 12.5. The van der Waals surface area contributed by atoms with Crippen molar-refractivity contribution in [3.63, 3.8) is 0 Å². The Hall–Kier alpha value is -2.08. The Morgan fingerprint density at radius 1 is 1.29 bits per heavy atom. The molecule has 0 atom stereocenters. The first-order valence-corrected chi connectivity index (χ1v) is 9.15. The molecule has 2 aromatic rings. The summed E-state index contributed by atoms with van der Waals surface area (Å²) in [5.74, 6) is 1.25. The van der Waals surface area contributed by atoms with Gasteiger partial charge in [-0.3, -0.25) is 14.9 Å². The van der Waals surface area contributed by atoms with Gasteiger partial charge in [0.25, 0.3) is 5.69 Å². The number of carbonyl (C=O) groups is 1. The minimum Gasteiger partial charge on any atom is -0.345 e. The number of Topliss-reactive ketones (excluding diaryl/α,β-unsaturated/α-hetero) is 1. The lowest BCUT2D eigenvalue weighted by Gasteiger charge is -2.07. The van der Waals surface area contributed by atoms with Crippen LogP contribution in [-0.2, 0) is 5.75 Å². The predicted octanol–water partition coefficient (Wildman–Crippen LogP) is 4.46. The molecule has 1 saturated carbocycles. The molecule has 0 saturated heterocycles. The SMILES string of the molecule is Cc1cc(C(=O)CSCc2ccc([N+](=O)[O-])cc2)c(C)n1C1CC1. The number of carbonyl (C=O) groups excluding carboxylic acids is 1. The fourth-order valence-electron chi connectivity index (χ4n) is 3.01. The molecule has 0 unspecified atom stereocenters. The maximum Gasteiger partial charge on any atom is 0.269 e. The van der Waals surface area contributed by atoms with E-state index in [4.69, 9.17) is 0 Å². The molecule has 1 heterocycles. The molecule has 0 radical (unpaired) electrons. The summed E-state index contributed by atoms with van der Waals surface area (Å²) in [6.07, 6.45) is 2.41. The number of hydrogen-bond acceptors (Lipinski definition) is 4. The minimum atomic E-state index is -0.407. The summed E-state index contributed by atoms with van der Waals surface area (Å²) in [6.45, 7) is 4.09. The van der Waals surface area contributed by atoms with E-state index in [0.717, 1.165) is 16.8 Å². The van der Waals surface area contributed by atoms with Gasteiger partial charge in [0.1, 0.15) is 0 Å². The third-order valence-corrected chi connectivity index (χ3v) is 5.35. The Kier molecular flexibility index (Phi) is 4.76. The van der Waals surface area contributed by atoms with E-state index in [2.05, 4.69) is 11.5 Å². The number of thioether (sulfide) groups is 1. The number of aryl methyl sites for hydroxylation is 1. The Labute approximate surface area is 145 Å². The summed E-state index contributed by atoms with van der Waals surface area (Å²) >= 11 is 1.54. The molecular weight excluding hydrogens is 324 g/mol. The van der Waals surface area contributed by atoms with Crippen LogP contribution in [-0.4, -0.2) is 21.0 Å². The number of non-ortho nitro benzene ring substituents is 1. The molecule has 0 N–H and O–H groups in total. The third kappa shape index (κ3) is 3.53. The van der Waals surface area contributed by atoms with Crippen molar-refractivity contribution in [2.24, 2.45) is 0 Å². The molecule has 24 heavy (non-hydrogen) atoms. The van der Waals surface area contributed by atoms with Crippen LogP contribution in [0.3, 0.4) is 0 Å². The molecule has 0 aliphatic heterocycles. The van der Waals surface area contributed by atoms with Crippen LogP contribution in [0.2, 0.25) is 0 Å². The van der Waals surface area contributed by atoms with Crippen LogP contribution in [0.5, 0.6) is 0 Å². The first-order chi connectivity index (χ1) is 11.5. The number of nitro benzene ring substituents is 1. The molecule has 6 heteroatoms. The van der Waals surface area contributed by atoms with Crippen molar-refractivity contribution in [3.8, 4) is 0 Å². The molecule has 1 aromatic carbocycles. The molecule has 1 aliphatic rings. The average molecular weight is 344 g/mol. The second-order valence-electron chi connectivity index (χ2n) is 6.23. The standard InChI is InChI=1S/C18H20N2O3S/c1-12-9-17(13(2)19(12)15-7-8-15)18(21)11-24-10-14-3-5-16(6-4-14)20(22)23/h3-6,9,15H,7-8,10-11H2,1-2H3. The van der Waals surface area contributed by atoms with Crippen molar-refractivity contribution in [1.82, 2.24) is 4.57 Å².